The maximum Gasteiger partial charge on any atom is 0.251 e. The highest BCUT2D eigenvalue weighted by Gasteiger charge is 2.43. The van der Waals surface area contributed by atoms with Gasteiger partial charge in [-0.05, 0) is 24.3 Å². The van der Waals surface area contributed by atoms with E-state index < -0.39 is 6.04 Å². The van der Waals surface area contributed by atoms with E-state index in [1.54, 1.807) is 25.3 Å². The molecule has 158 valence electrons. The largest absolute Gasteiger partial charge is 0.493 e. The molecule has 2 saturated heterocycles. The molecule has 0 aromatic heterocycles. The number of carbonyl (C=O) groups excluding carboxylic acids is 2. The molecule has 2 amide bonds. The number of rotatable bonds is 5. The Morgan fingerprint density at radius 1 is 0.933 bits per heavy atom. The van der Waals surface area contributed by atoms with Gasteiger partial charge in [0.25, 0.3) is 5.91 Å². The molecular weight excluding hydrogens is 406 g/mol. The molecule has 0 spiro atoms. The third-order valence-corrected chi connectivity index (χ3v) is 6.02. The fourth-order valence-corrected chi connectivity index (χ4v) is 4.37. The maximum absolute atomic E-state index is 13.1. The number of hydrogen-bond acceptors (Lipinski definition) is 6. The number of methoxy groups -OCH3 is 2. The van der Waals surface area contributed by atoms with Gasteiger partial charge in [-0.15, -0.1) is 0 Å². The molecule has 0 radical (unpaired) electrons. The number of carbonyl (C=O) groups is 2. The average molecular weight is 430 g/mol. The van der Waals surface area contributed by atoms with Crippen LogP contribution in [0.2, 0.25) is 5.02 Å². The summed E-state index contributed by atoms with van der Waals surface area (Å²) in [6.07, 6.45) is 0.180. The van der Waals surface area contributed by atoms with Crippen molar-refractivity contribution in [2.45, 2.75) is 12.5 Å². The van der Waals surface area contributed by atoms with Gasteiger partial charge < -0.3 is 14.4 Å². The van der Waals surface area contributed by atoms with Crippen molar-refractivity contribution < 1.29 is 19.1 Å². The Morgan fingerprint density at radius 2 is 1.63 bits per heavy atom. The zero-order valence-corrected chi connectivity index (χ0v) is 17.8. The minimum absolute atomic E-state index is 0.180. The molecule has 2 aromatic carbocycles. The molecule has 30 heavy (non-hydrogen) atoms. The molecule has 0 saturated carbocycles. The zero-order chi connectivity index (χ0) is 21.3. The lowest BCUT2D eigenvalue weighted by molar-refractivity contribution is -0.123. The molecule has 2 aliphatic rings. The fraction of sp³-hybridized carbons (Fsp3) is 0.364. The van der Waals surface area contributed by atoms with Gasteiger partial charge in [-0.2, -0.15) is 0 Å². The predicted octanol–water partition coefficient (Wildman–Crippen LogP) is 2.81. The second-order valence-electron chi connectivity index (χ2n) is 7.30. The fourth-order valence-electron chi connectivity index (χ4n) is 4.12. The quantitative estimate of drug-likeness (QED) is 0.681. The zero-order valence-electron chi connectivity index (χ0n) is 17.0. The number of para-hydroxylation sites is 1. The van der Waals surface area contributed by atoms with Crippen molar-refractivity contribution in [3.05, 3.63) is 47.5 Å². The van der Waals surface area contributed by atoms with Crippen molar-refractivity contribution in [1.29, 1.82) is 0 Å². The van der Waals surface area contributed by atoms with E-state index in [-0.39, 0.29) is 18.2 Å². The van der Waals surface area contributed by atoms with Crippen LogP contribution in [0.25, 0.3) is 0 Å². The van der Waals surface area contributed by atoms with Crippen LogP contribution in [0.3, 0.4) is 0 Å². The molecule has 7 nitrogen and oxygen atoms in total. The van der Waals surface area contributed by atoms with Crippen LogP contribution in [-0.2, 0) is 9.59 Å². The summed E-state index contributed by atoms with van der Waals surface area (Å²) in [4.78, 5) is 31.4. The standard InChI is InChI=1S/C22H24ClN3O4/c1-29-19-8-7-15(13-20(19)30-2)26-21(27)14-18(22(26)28)25-11-9-24(10-12-25)17-6-4-3-5-16(17)23/h3-8,13,18H,9-12,14H2,1-2H3/t18-/m1/s1. The number of benzene rings is 2. The first-order chi connectivity index (χ1) is 14.5. The van der Waals surface area contributed by atoms with Crippen LogP contribution in [0, 0.1) is 0 Å². The lowest BCUT2D eigenvalue weighted by atomic mass is 10.1. The van der Waals surface area contributed by atoms with Gasteiger partial charge >= 0.3 is 0 Å². The molecular formula is C22H24ClN3O4. The van der Waals surface area contributed by atoms with Gasteiger partial charge in [-0.3, -0.25) is 14.5 Å². The Kier molecular flexibility index (Phi) is 5.83. The SMILES string of the molecule is COc1ccc(N2C(=O)C[C@@H](N3CCN(c4ccccc4Cl)CC3)C2=O)cc1OC. The molecule has 4 rings (SSSR count). The molecule has 0 aliphatic carbocycles. The minimum atomic E-state index is -0.445. The summed E-state index contributed by atoms with van der Waals surface area (Å²) < 4.78 is 10.6. The van der Waals surface area contributed by atoms with Gasteiger partial charge in [0.1, 0.15) is 0 Å². The predicted molar refractivity (Wildman–Crippen MR) is 116 cm³/mol. The number of piperazine rings is 1. The van der Waals surface area contributed by atoms with Gasteiger partial charge in [0.2, 0.25) is 5.91 Å². The molecule has 8 heteroatoms. The van der Waals surface area contributed by atoms with Crippen molar-refractivity contribution in [3.8, 4) is 11.5 Å². The summed E-state index contributed by atoms with van der Waals surface area (Å²) in [6, 6.07) is 12.4. The van der Waals surface area contributed by atoms with E-state index in [2.05, 4.69) is 9.80 Å². The molecule has 2 aromatic rings. The van der Waals surface area contributed by atoms with Gasteiger partial charge in [0.05, 0.1) is 43.1 Å². The highest BCUT2D eigenvalue weighted by atomic mass is 35.5. The second-order valence-corrected chi connectivity index (χ2v) is 7.71. The van der Waals surface area contributed by atoms with Gasteiger partial charge in [0, 0.05) is 32.2 Å². The Balaban J connectivity index is 1.47. The van der Waals surface area contributed by atoms with E-state index in [4.69, 9.17) is 21.1 Å². The van der Waals surface area contributed by atoms with Crippen LogP contribution in [0.4, 0.5) is 11.4 Å². The summed E-state index contributed by atoms with van der Waals surface area (Å²) in [5.41, 5.74) is 1.50. The third kappa shape index (κ3) is 3.70. The smallest absolute Gasteiger partial charge is 0.251 e. The molecule has 1 atom stereocenters. The number of ether oxygens (including phenoxy) is 2. The second kappa shape index (κ2) is 8.53. The highest BCUT2D eigenvalue weighted by Crippen LogP contribution is 2.34. The molecule has 0 unspecified atom stereocenters. The van der Waals surface area contributed by atoms with Crippen LogP contribution in [0.5, 0.6) is 11.5 Å². The summed E-state index contributed by atoms with van der Waals surface area (Å²) >= 11 is 6.32. The monoisotopic (exact) mass is 429 g/mol. The van der Waals surface area contributed by atoms with Gasteiger partial charge in [-0.25, -0.2) is 4.90 Å². The Hall–Kier alpha value is -2.77. The van der Waals surface area contributed by atoms with Crippen LogP contribution < -0.4 is 19.3 Å². The van der Waals surface area contributed by atoms with Crippen molar-refractivity contribution >= 4 is 34.8 Å². The Bertz CT molecular complexity index is 959. The van der Waals surface area contributed by atoms with E-state index >= 15 is 0 Å². The number of imide groups is 1. The molecule has 0 bridgehead atoms. The summed E-state index contributed by atoms with van der Waals surface area (Å²) in [7, 11) is 3.07. The highest BCUT2D eigenvalue weighted by molar-refractivity contribution is 6.33. The van der Waals surface area contributed by atoms with E-state index in [1.165, 1.54) is 12.0 Å². The number of hydrogen-bond donors (Lipinski definition) is 0. The maximum atomic E-state index is 13.1. The lowest BCUT2D eigenvalue weighted by Crippen LogP contribution is -2.52. The van der Waals surface area contributed by atoms with E-state index in [0.717, 1.165) is 23.8 Å². The van der Waals surface area contributed by atoms with Gasteiger partial charge in [-0.1, -0.05) is 23.7 Å². The normalized spacial score (nSPS) is 20.0. The lowest BCUT2D eigenvalue weighted by Gasteiger charge is -2.38. The topological polar surface area (TPSA) is 62.3 Å². The van der Waals surface area contributed by atoms with Crippen LogP contribution in [0.1, 0.15) is 6.42 Å². The number of halogens is 1. The third-order valence-electron chi connectivity index (χ3n) is 5.70. The van der Waals surface area contributed by atoms with Crippen molar-refractivity contribution in [1.82, 2.24) is 4.90 Å². The van der Waals surface area contributed by atoms with Crippen LogP contribution in [0.15, 0.2) is 42.5 Å². The average Bonchev–Trinajstić information content (AvgIpc) is 3.07. The van der Waals surface area contributed by atoms with Crippen LogP contribution >= 0.6 is 11.6 Å². The minimum Gasteiger partial charge on any atom is -0.493 e. The Morgan fingerprint density at radius 3 is 2.30 bits per heavy atom. The van der Waals surface area contributed by atoms with E-state index in [1.807, 2.05) is 24.3 Å². The van der Waals surface area contributed by atoms with E-state index in [9.17, 15) is 9.59 Å². The number of nitrogens with zero attached hydrogens (tertiary/aromatic N) is 3. The van der Waals surface area contributed by atoms with Gasteiger partial charge in [0.15, 0.2) is 11.5 Å². The van der Waals surface area contributed by atoms with Crippen molar-refractivity contribution in [3.63, 3.8) is 0 Å². The van der Waals surface area contributed by atoms with Crippen LogP contribution in [-0.4, -0.2) is 63.2 Å². The summed E-state index contributed by atoms with van der Waals surface area (Å²) in [5, 5.41) is 0.720. The number of anilines is 2. The molecule has 0 N–H and O–H groups in total. The van der Waals surface area contributed by atoms with Crippen molar-refractivity contribution in [2.75, 3.05) is 50.2 Å². The molecule has 2 heterocycles. The summed E-state index contributed by atoms with van der Waals surface area (Å²) in [6.45, 7) is 2.87. The first-order valence-electron chi connectivity index (χ1n) is 9.86. The molecule has 2 fully saturated rings. The molecule has 2 aliphatic heterocycles. The van der Waals surface area contributed by atoms with E-state index in [0.29, 0.717) is 30.3 Å². The number of amides is 2. The first kappa shape index (κ1) is 20.5. The first-order valence-corrected chi connectivity index (χ1v) is 10.2. The summed E-state index contributed by atoms with van der Waals surface area (Å²) in [5.74, 6) is 0.629. The Labute approximate surface area is 180 Å². The van der Waals surface area contributed by atoms with Crippen molar-refractivity contribution in [2.24, 2.45) is 0 Å².